The van der Waals surface area contributed by atoms with Crippen LogP contribution in [0.4, 0.5) is 5.69 Å². The van der Waals surface area contributed by atoms with Crippen molar-refractivity contribution < 1.29 is 4.79 Å². The van der Waals surface area contributed by atoms with Crippen molar-refractivity contribution in [2.24, 2.45) is 0 Å². The lowest BCUT2D eigenvalue weighted by atomic mass is 9.85. The van der Waals surface area contributed by atoms with Crippen molar-refractivity contribution >= 4 is 22.4 Å². The third-order valence-electron chi connectivity index (χ3n) is 3.86. The summed E-state index contributed by atoms with van der Waals surface area (Å²) >= 11 is 0. The molecule has 1 amide bonds. The SMILES string of the molecule is C=CCC1C(=O)N(CC=C)c2cccc3cccc1c23. The average Bonchev–Trinajstić information content (AvgIpc) is 2.48. The molecule has 1 atom stereocenters. The van der Waals surface area contributed by atoms with E-state index in [1.54, 1.807) is 6.08 Å². The van der Waals surface area contributed by atoms with E-state index in [9.17, 15) is 4.79 Å². The highest BCUT2D eigenvalue weighted by molar-refractivity contribution is 6.12. The second-order valence-electron chi connectivity index (χ2n) is 5.04. The number of rotatable bonds is 4. The summed E-state index contributed by atoms with van der Waals surface area (Å²) in [6.07, 6.45) is 4.26. The first kappa shape index (κ1) is 12.7. The molecule has 2 aromatic carbocycles. The zero-order valence-corrected chi connectivity index (χ0v) is 11.4. The van der Waals surface area contributed by atoms with E-state index in [0.717, 1.165) is 11.3 Å². The molecule has 2 heteroatoms. The van der Waals surface area contributed by atoms with Crippen LogP contribution in [-0.2, 0) is 4.79 Å². The van der Waals surface area contributed by atoms with Crippen LogP contribution < -0.4 is 4.90 Å². The maximum atomic E-state index is 12.7. The number of nitrogens with zero attached hydrogens (tertiary/aromatic N) is 1. The van der Waals surface area contributed by atoms with Crippen LogP contribution >= 0.6 is 0 Å². The molecular formula is C18H17NO. The lowest BCUT2D eigenvalue weighted by Crippen LogP contribution is -2.38. The van der Waals surface area contributed by atoms with Gasteiger partial charge in [0, 0.05) is 11.9 Å². The number of allylic oxidation sites excluding steroid dienone is 1. The van der Waals surface area contributed by atoms with Gasteiger partial charge >= 0.3 is 0 Å². The van der Waals surface area contributed by atoms with E-state index in [-0.39, 0.29) is 11.8 Å². The zero-order valence-electron chi connectivity index (χ0n) is 11.4. The van der Waals surface area contributed by atoms with Gasteiger partial charge in [-0.2, -0.15) is 0 Å². The summed E-state index contributed by atoms with van der Waals surface area (Å²) in [5.41, 5.74) is 2.10. The summed E-state index contributed by atoms with van der Waals surface area (Å²) in [5, 5.41) is 2.36. The normalized spacial score (nSPS) is 17.3. The molecule has 0 radical (unpaired) electrons. The van der Waals surface area contributed by atoms with Crippen LogP contribution in [0.15, 0.2) is 61.7 Å². The Balaban J connectivity index is 2.31. The van der Waals surface area contributed by atoms with Gasteiger partial charge in [-0.05, 0) is 23.4 Å². The number of carbonyl (C=O) groups is 1. The van der Waals surface area contributed by atoms with Gasteiger partial charge in [0.2, 0.25) is 5.91 Å². The van der Waals surface area contributed by atoms with Crippen molar-refractivity contribution in [3.8, 4) is 0 Å². The van der Waals surface area contributed by atoms with Gasteiger partial charge in [0.1, 0.15) is 0 Å². The van der Waals surface area contributed by atoms with Crippen molar-refractivity contribution in [2.45, 2.75) is 12.3 Å². The molecule has 100 valence electrons. The summed E-state index contributed by atoms with van der Waals surface area (Å²) in [6.45, 7) is 8.10. The van der Waals surface area contributed by atoms with E-state index >= 15 is 0 Å². The van der Waals surface area contributed by atoms with Crippen LogP contribution in [0, 0.1) is 0 Å². The molecule has 2 aromatic rings. The highest BCUT2D eigenvalue weighted by Crippen LogP contribution is 2.41. The topological polar surface area (TPSA) is 20.3 Å². The van der Waals surface area contributed by atoms with Crippen LogP contribution in [0.3, 0.4) is 0 Å². The molecule has 2 nitrogen and oxygen atoms in total. The summed E-state index contributed by atoms with van der Waals surface area (Å²) in [7, 11) is 0. The van der Waals surface area contributed by atoms with Gasteiger partial charge < -0.3 is 4.90 Å². The van der Waals surface area contributed by atoms with Gasteiger partial charge in [-0.25, -0.2) is 0 Å². The minimum absolute atomic E-state index is 0.133. The minimum atomic E-state index is -0.133. The van der Waals surface area contributed by atoms with E-state index in [1.165, 1.54) is 10.8 Å². The van der Waals surface area contributed by atoms with Crippen molar-refractivity contribution in [3.05, 3.63) is 67.3 Å². The third-order valence-corrected chi connectivity index (χ3v) is 3.86. The molecule has 3 rings (SSSR count). The standard InChI is InChI=1S/C18H17NO/c1-3-7-15-14-10-5-8-13-9-6-11-16(17(13)14)19(12-4-2)18(15)20/h3-6,8-11,15H,1-2,7,12H2. The number of carbonyl (C=O) groups excluding carboxylic acids is 1. The fourth-order valence-corrected chi connectivity index (χ4v) is 3.02. The minimum Gasteiger partial charge on any atom is -0.307 e. The van der Waals surface area contributed by atoms with Crippen LogP contribution in [0.5, 0.6) is 0 Å². The van der Waals surface area contributed by atoms with E-state index in [1.807, 2.05) is 29.2 Å². The van der Waals surface area contributed by atoms with Crippen molar-refractivity contribution in [2.75, 3.05) is 11.4 Å². The Labute approximate surface area is 119 Å². The lowest BCUT2D eigenvalue weighted by molar-refractivity contribution is -0.120. The van der Waals surface area contributed by atoms with Crippen LogP contribution in [-0.4, -0.2) is 12.5 Å². The molecule has 0 fully saturated rings. The average molecular weight is 263 g/mol. The largest absolute Gasteiger partial charge is 0.307 e. The summed E-state index contributed by atoms with van der Waals surface area (Å²) in [6, 6.07) is 12.3. The van der Waals surface area contributed by atoms with Gasteiger partial charge in [-0.3, -0.25) is 4.79 Å². The summed E-state index contributed by atoms with van der Waals surface area (Å²) < 4.78 is 0. The predicted molar refractivity (Wildman–Crippen MR) is 84.1 cm³/mol. The van der Waals surface area contributed by atoms with Gasteiger partial charge in [0.05, 0.1) is 11.6 Å². The molecule has 1 aliphatic heterocycles. The van der Waals surface area contributed by atoms with E-state index < -0.39 is 0 Å². The molecule has 0 saturated heterocycles. The Kier molecular flexibility index (Phi) is 3.15. The molecule has 1 heterocycles. The maximum Gasteiger partial charge on any atom is 0.235 e. The number of hydrogen-bond acceptors (Lipinski definition) is 1. The van der Waals surface area contributed by atoms with Crippen LogP contribution in [0.25, 0.3) is 10.8 Å². The molecule has 20 heavy (non-hydrogen) atoms. The van der Waals surface area contributed by atoms with Crippen molar-refractivity contribution in [1.82, 2.24) is 0 Å². The van der Waals surface area contributed by atoms with Gasteiger partial charge in [0.25, 0.3) is 0 Å². The van der Waals surface area contributed by atoms with Crippen LogP contribution in [0.1, 0.15) is 17.9 Å². The van der Waals surface area contributed by atoms with E-state index in [2.05, 4.69) is 31.4 Å². The lowest BCUT2D eigenvalue weighted by Gasteiger charge is -2.33. The monoisotopic (exact) mass is 263 g/mol. The van der Waals surface area contributed by atoms with Crippen LogP contribution in [0.2, 0.25) is 0 Å². The number of benzene rings is 2. The van der Waals surface area contributed by atoms with Gasteiger partial charge in [-0.15, -0.1) is 13.2 Å². The third kappa shape index (κ3) is 1.76. The Morgan fingerprint density at radius 3 is 2.55 bits per heavy atom. The predicted octanol–water partition coefficient (Wildman–Crippen LogP) is 4.03. The highest BCUT2D eigenvalue weighted by atomic mass is 16.2. The second-order valence-corrected chi connectivity index (χ2v) is 5.04. The summed E-state index contributed by atoms with van der Waals surface area (Å²) in [5.74, 6) is 0.00190. The maximum absolute atomic E-state index is 12.7. The molecule has 0 aliphatic carbocycles. The molecule has 1 unspecified atom stereocenters. The fourth-order valence-electron chi connectivity index (χ4n) is 3.02. The Bertz CT molecular complexity index is 647. The van der Waals surface area contributed by atoms with E-state index in [4.69, 9.17) is 0 Å². The van der Waals surface area contributed by atoms with Crippen molar-refractivity contribution in [1.29, 1.82) is 0 Å². The molecule has 1 aliphatic rings. The molecule has 0 aromatic heterocycles. The summed E-state index contributed by atoms with van der Waals surface area (Å²) in [4.78, 5) is 14.6. The molecular weight excluding hydrogens is 246 g/mol. The first-order valence-electron chi connectivity index (χ1n) is 6.82. The number of anilines is 1. The van der Waals surface area contributed by atoms with Gasteiger partial charge in [0.15, 0.2) is 0 Å². The van der Waals surface area contributed by atoms with E-state index in [0.29, 0.717) is 13.0 Å². The molecule has 0 saturated carbocycles. The highest BCUT2D eigenvalue weighted by Gasteiger charge is 2.32. The van der Waals surface area contributed by atoms with Crippen molar-refractivity contribution in [3.63, 3.8) is 0 Å². The number of hydrogen-bond donors (Lipinski definition) is 0. The number of amides is 1. The Morgan fingerprint density at radius 1 is 1.10 bits per heavy atom. The Morgan fingerprint density at radius 2 is 1.85 bits per heavy atom. The Hall–Kier alpha value is -2.35. The molecule has 0 bridgehead atoms. The first-order chi connectivity index (χ1) is 9.77. The van der Waals surface area contributed by atoms with Gasteiger partial charge in [-0.1, -0.05) is 42.5 Å². The smallest absolute Gasteiger partial charge is 0.235 e. The first-order valence-corrected chi connectivity index (χ1v) is 6.82. The molecule has 0 N–H and O–H groups in total. The fraction of sp³-hybridized carbons (Fsp3) is 0.167. The zero-order chi connectivity index (χ0) is 14.1. The molecule has 0 spiro atoms. The second kappa shape index (κ2) is 4.97. The quantitative estimate of drug-likeness (QED) is 0.763.